The van der Waals surface area contributed by atoms with Gasteiger partial charge in [0.05, 0.1) is 6.04 Å². The molecule has 2 rings (SSSR count). The predicted octanol–water partition coefficient (Wildman–Crippen LogP) is 2.15. The zero-order valence-electron chi connectivity index (χ0n) is 12.4. The molecule has 0 aliphatic carbocycles. The molecule has 2 heterocycles. The molecule has 1 aromatic rings. The highest BCUT2D eigenvalue weighted by Crippen LogP contribution is 2.14. The minimum Gasteiger partial charge on any atom is -0.343 e. The van der Waals surface area contributed by atoms with Gasteiger partial charge in [-0.1, -0.05) is 5.11 Å². The van der Waals surface area contributed by atoms with E-state index < -0.39 is 0 Å². The maximum absolute atomic E-state index is 12.2. The Morgan fingerprint density at radius 3 is 2.95 bits per heavy atom. The lowest BCUT2D eigenvalue weighted by Crippen LogP contribution is -2.39. The van der Waals surface area contributed by atoms with Crippen LogP contribution in [-0.2, 0) is 17.8 Å². The lowest BCUT2D eigenvalue weighted by Gasteiger charge is -2.29. The number of nitrogens with zero attached hydrogens (tertiary/aromatic N) is 7. The van der Waals surface area contributed by atoms with Gasteiger partial charge in [-0.15, -0.1) is 0 Å². The Morgan fingerprint density at radius 2 is 2.27 bits per heavy atom. The average Bonchev–Trinajstić information content (AvgIpc) is 3.00. The molecule has 118 valence electrons. The molecule has 9 heteroatoms. The van der Waals surface area contributed by atoms with E-state index in [-0.39, 0.29) is 11.9 Å². The first-order chi connectivity index (χ1) is 10.7. The summed E-state index contributed by atoms with van der Waals surface area (Å²) in [6.07, 6.45) is 6.06. The van der Waals surface area contributed by atoms with Crippen LogP contribution in [0, 0.1) is 5.53 Å². The van der Waals surface area contributed by atoms with Gasteiger partial charge in [0.15, 0.2) is 0 Å². The smallest absolute Gasteiger partial charge is 0.223 e. The third-order valence-corrected chi connectivity index (χ3v) is 3.87. The van der Waals surface area contributed by atoms with E-state index in [0.29, 0.717) is 39.0 Å². The highest BCUT2D eigenvalue weighted by molar-refractivity contribution is 5.76. The van der Waals surface area contributed by atoms with E-state index in [0.717, 1.165) is 18.7 Å². The fraction of sp³-hybridized carbons (Fsp3) is 0.692. The Balaban J connectivity index is 1.80. The SMILES string of the molecule is [N-]=[N+]=NCCn1ccnc1CCC(=O)N1CCC(N=N)CC1. The number of carbonyl (C=O) groups excluding carboxylic acids is 1. The average molecular weight is 304 g/mol. The molecule has 1 aromatic heterocycles. The lowest BCUT2D eigenvalue weighted by atomic mass is 10.1. The molecule has 1 N–H and O–H groups in total. The Kier molecular flexibility index (Phi) is 5.91. The maximum atomic E-state index is 12.2. The van der Waals surface area contributed by atoms with E-state index in [4.69, 9.17) is 11.1 Å². The molecule has 0 unspecified atom stereocenters. The molecule has 0 bridgehead atoms. The first kappa shape index (κ1) is 16.0. The van der Waals surface area contributed by atoms with Crippen LogP contribution >= 0.6 is 0 Å². The van der Waals surface area contributed by atoms with Crippen LogP contribution in [0.25, 0.3) is 10.4 Å². The van der Waals surface area contributed by atoms with E-state index in [9.17, 15) is 4.79 Å². The third-order valence-electron chi connectivity index (χ3n) is 3.87. The molecule has 1 amide bonds. The molecule has 0 spiro atoms. The summed E-state index contributed by atoms with van der Waals surface area (Å²) in [4.78, 5) is 21.0. The molecule has 9 nitrogen and oxygen atoms in total. The Labute approximate surface area is 128 Å². The van der Waals surface area contributed by atoms with Gasteiger partial charge in [-0.3, -0.25) is 4.79 Å². The molecular formula is C13H20N8O. The summed E-state index contributed by atoms with van der Waals surface area (Å²) in [6.45, 7) is 2.30. The van der Waals surface area contributed by atoms with Gasteiger partial charge in [-0.25, -0.2) is 10.5 Å². The zero-order chi connectivity index (χ0) is 15.8. The number of imidazole rings is 1. The highest BCUT2D eigenvalue weighted by Gasteiger charge is 2.22. The van der Waals surface area contributed by atoms with Crippen LogP contribution in [0.2, 0.25) is 0 Å². The first-order valence-electron chi connectivity index (χ1n) is 7.39. The van der Waals surface area contributed by atoms with Crippen molar-refractivity contribution >= 4 is 5.91 Å². The van der Waals surface area contributed by atoms with Gasteiger partial charge in [0.2, 0.25) is 5.91 Å². The second-order valence-corrected chi connectivity index (χ2v) is 5.23. The second kappa shape index (κ2) is 8.14. The number of aryl methyl sites for hydroxylation is 1. The topological polar surface area (TPSA) is 123 Å². The highest BCUT2D eigenvalue weighted by atomic mass is 16.2. The number of aromatic nitrogens is 2. The number of likely N-dealkylation sites (tertiary alicyclic amines) is 1. The summed E-state index contributed by atoms with van der Waals surface area (Å²) in [6, 6.07) is 0.0728. The summed E-state index contributed by atoms with van der Waals surface area (Å²) in [5.41, 5.74) is 15.3. The quantitative estimate of drug-likeness (QED) is 0.471. The minimum absolute atomic E-state index is 0.0728. The number of piperidine rings is 1. The fourth-order valence-corrected chi connectivity index (χ4v) is 2.59. The molecule has 1 fully saturated rings. The predicted molar refractivity (Wildman–Crippen MR) is 79.3 cm³/mol. The zero-order valence-corrected chi connectivity index (χ0v) is 12.4. The van der Waals surface area contributed by atoms with Crippen LogP contribution in [0.1, 0.15) is 25.1 Å². The standard InChI is InChI=1S/C13H20N8O/c14-18-11-3-7-21(8-4-11)13(22)2-1-12-16-5-9-20(12)10-6-17-19-15/h5,9,11,14H,1-4,6-8,10H2. The Morgan fingerprint density at radius 1 is 1.50 bits per heavy atom. The Bertz CT molecular complexity index is 554. The van der Waals surface area contributed by atoms with Gasteiger partial charge in [-0.05, 0) is 18.4 Å². The van der Waals surface area contributed by atoms with Crippen molar-refractivity contribution in [1.29, 1.82) is 5.53 Å². The molecular weight excluding hydrogens is 284 g/mol. The molecule has 0 aromatic carbocycles. The van der Waals surface area contributed by atoms with Crippen LogP contribution in [-0.4, -0.2) is 46.0 Å². The van der Waals surface area contributed by atoms with Crippen molar-refractivity contribution in [3.63, 3.8) is 0 Å². The van der Waals surface area contributed by atoms with Gasteiger partial charge in [0, 0.05) is 56.3 Å². The lowest BCUT2D eigenvalue weighted by molar-refractivity contribution is -0.132. The summed E-state index contributed by atoms with van der Waals surface area (Å²) in [7, 11) is 0. The molecule has 0 atom stereocenters. The van der Waals surface area contributed by atoms with Gasteiger partial charge in [-0.2, -0.15) is 5.11 Å². The third kappa shape index (κ3) is 4.29. The molecule has 0 saturated carbocycles. The maximum Gasteiger partial charge on any atom is 0.223 e. The number of carbonyl (C=O) groups is 1. The van der Waals surface area contributed by atoms with E-state index in [1.54, 1.807) is 6.20 Å². The minimum atomic E-state index is 0.0728. The van der Waals surface area contributed by atoms with Crippen LogP contribution in [0.3, 0.4) is 0 Å². The Hall–Kier alpha value is -2.41. The van der Waals surface area contributed by atoms with E-state index in [1.807, 2.05) is 15.7 Å². The van der Waals surface area contributed by atoms with Crippen LogP contribution in [0.5, 0.6) is 0 Å². The monoisotopic (exact) mass is 304 g/mol. The van der Waals surface area contributed by atoms with E-state index >= 15 is 0 Å². The van der Waals surface area contributed by atoms with Gasteiger partial charge in [0.1, 0.15) is 5.82 Å². The van der Waals surface area contributed by atoms with Crippen LogP contribution < -0.4 is 0 Å². The molecule has 1 aliphatic rings. The summed E-state index contributed by atoms with van der Waals surface area (Å²) < 4.78 is 1.91. The van der Waals surface area contributed by atoms with Crippen molar-refractivity contribution in [3.05, 3.63) is 28.7 Å². The van der Waals surface area contributed by atoms with Crippen molar-refractivity contribution in [2.75, 3.05) is 19.6 Å². The molecule has 1 saturated heterocycles. The van der Waals surface area contributed by atoms with Crippen molar-refractivity contribution in [3.8, 4) is 0 Å². The summed E-state index contributed by atoms with van der Waals surface area (Å²) in [5, 5.41) is 7.04. The van der Waals surface area contributed by atoms with Gasteiger partial charge in [0.25, 0.3) is 0 Å². The molecule has 0 radical (unpaired) electrons. The van der Waals surface area contributed by atoms with Crippen molar-refractivity contribution in [1.82, 2.24) is 14.5 Å². The normalized spacial score (nSPS) is 15.4. The number of amides is 1. The molecule has 1 aliphatic heterocycles. The number of hydrogen-bond acceptors (Lipinski definition) is 5. The first-order valence-corrected chi connectivity index (χ1v) is 7.39. The van der Waals surface area contributed by atoms with Crippen molar-refractivity contribution in [2.45, 2.75) is 38.3 Å². The summed E-state index contributed by atoms with van der Waals surface area (Å²) >= 11 is 0. The van der Waals surface area contributed by atoms with Crippen molar-refractivity contribution in [2.24, 2.45) is 10.2 Å². The fourth-order valence-electron chi connectivity index (χ4n) is 2.59. The second-order valence-electron chi connectivity index (χ2n) is 5.23. The van der Waals surface area contributed by atoms with Crippen LogP contribution in [0.4, 0.5) is 0 Å². The number of rotatable bonds is 7. The number of nitrogens with one attached hydrogen (secondary N) is 1. The molecule has 22 heavy (non-hydrogen) atoms. The summed E-state index contributed by atoms with van der Waals surface area (Å²) in [5.74, 6) is 0.950. The van der Waals surface area contributed by atoms with E-state index in [1.165, 1.54) is 0 Å². The van der Waals surface area contributed by atoms with Crippen molar-refractivity contribution < 1.29 is 4.79 Å². The number of azide groups is 1. The van der Waals surface area contributed by atoms with Gasteiger partial charge >= 0.3 is 0 Å². The van der Waals surface area contributed by atoms with Crippen LogP contribution in [0.15, 0.2) is 22.6 Å². The number of hydrogen-bond donors (Lipinski definition) is 1. The van der Waals surface area contributed by atoms with Gasteiger partial charge < -0.3 is 9.47 Å². The largest absolute Gasteiger partial charge is 0.343 e. The van der Waals surface area contributed by atoms with E-state index in [2.05, 4.69) is 20.1 Å².